The normalized spacial score (nSPS) is 11.8. The van der Waals surface area contributed by atoms with Crippen molar-refractivity contribution in [2.24, 2.45) is 5.92 Å². The number of ether oxygens (including phenoxy) is 1. The number of carbonyl (C=O) groups is 1. The number of hydrogen-bond donors (Lipinski definition) is 0. The predicted octanol–water partition coefficient (Wildman–Crippen LogP) is 3.56. The maximum atomic E-state index is 11.7. The van der Waals surface area contributed by atoms with Gasteiger partial charge in [-0.05, 0) is 21.8 Å². The molecule has 0 aliphatic heterocycles. The molecule has 0 N–H and O–H groups in total. The van der Waals surface area contributed by atoms with E-state index in [2.05, 4.69) is 15.9 Å². The molecule has 0 aliphatic carbocycles. The fourth-order valence-corrected chi connectivity index (χ4v) is 3.44. The molecule has 1 aromatic rings. The van der Waals surface area contributed by atoms with Crippen LogP contribution in [0.2, 0.25) is 0 Å². The molecule has 5 nitrogen and oxygen atoms in total. The van der Waals surface area contributed by atoms with Crippen LogP contribution in [0, 0.1) is 5.92 Å². The largest absolute Gasteiger partial charge is 0.460 e. The quantitative estimate of drug-likeness (QED) is 0.563. The van der Waals surface area contributed by atoms with Crippen LogP contribution in [0.1, 0.15) is 37.2 Å². The van der Waals surface area contributed by atoms with Gasteiger partial charge in [-0.25, -0.2) is 13.2 Å². The number of carbonyl (C=O) groups excluding carboxylic acids is 1. The number of esters is 1. The molecule has 0 aromatic carbocycles. The van der Waals surface area contributed by atoms with Crippen molar-refractivity contribution in [1.82, 2.24) is 0 Å². The summed E-state index contributed by atoms with van der Waals surface area (Å²) in [5, 5.41) is 0. The molecule has 1 rings (SSSR count). The summed E-state index contributed by atoms with van der Waals surface area (Å²) in [5.74, 6) is -0.630. The minimum Gasteiger partial charge on any atom is -0.460 e. The van der Waals surface area contributed by atoms with Crippen LogP contribution in [0.25, 0.3) is 0 Å². The van der Waals surface area contributed by atoms with Crippen molar-refractivity contribution in [3.63, 3.8) is 0 Å². The van der Waals surface area contributed by atoms with Gasteiger partial charge in [0.2, 0.25) is 5.76 Å². The van der Waals surface area contributed by atoms with E-state index in [1.54, 1.807) is 0 Å². The van der Waals surface area contributed by atoms with Crippen LogP contribution in [0.4, 0.5) is 0 Å². The molecule has 0 saturated carbocycles. The fourth-order valence-electron chi connectivity index (χ4n) is 1.41. The molecular formula is C11H14BrClO5S. The van der Waals surface area contributed by atoms with Gasteiger partial charge in [-0.2, -0.15) is 0 Å². The van der Waals surface area contributed by atoms with Gasteiger partial charge in [-0.3, -0.25) is 0 Å². The second-order valence-electron chi connectivity index (χ2n) is 3.97. The Balaban J connectivity index is 2.79. The Morgan fingerprint density at radius 1 is 1.47 bits per heavy atom. The summed E-state index contributed by atoms with van der Waals surface area (Å²) in [5.41, 5.74) is 0. The molecular weight excluding hydrogens is 360 g/mol. The zero-order valence-corrected chi connectivity index (χ0v) is 13.6. The van der Waals surface area contributed by atoms with Gasteiger partial charge in [0.1, 0.15) is 4.90 Å². The SMILES string of the molecule is CCC(CC)COC(=O)c1cc(S(=O)(=O)Cl)c(Br)o1. The van der Waals surface area contributed by atoms with Crippen molar-refractivity contribution in [1.29, 1.82) is 0 Å². The maximum Gasteiger partial charge on any atom is 0.374 e. The number of furan rings is 1. The Morgan fingerprint density at radius 3 is 2.47 bits per heavy atom. The highest BCUT2D eigenvalue weighted by molar-refractivity contribution is 9.10. The standard InChI is InChI=1S/C11H14BrClO5S/c1-3-7(4-2)6-17-11(14)8-5-9(10(12)18-8)19(13,15)16/h5,7H,3-4,6H2,1-2H3. The lowest BCUT2D eigenvalue weighted by Crippen LogP contribution is -2.12. The number of halogens is 2. The molecule has 0 spiro atoms. The Labute approximate surface area is 124 Å². The summed E-state index contributed by atoms with van der Waals surface area (Å²) in [6.07, 6.45) is 1.79. The van der Waals surface area contributed by atoms with E-state index in [9.17, 15) is 13.2 Å². The van der Waals surface area contributed by atoms with Crippen molar-refractivity contribution in [2.75, 3.05) is 6.61 Å². The average Bonchev–Trinajstić information content (AvgIpc) is 2.72. The first-order valence-electron chi connectivity index (χ1n) is 5.70. The van der Waals surface area contributed by atoms with Crippen LogP contribution in [-0.2, 0) is 13.8 Å². The second kappa shape index (κ2) is 6.76. The van der Waals surface area contributed by atoms with E-state index in [0.29, 0.717) is 0 Å². The van der Waals surface area contributed by atoms with Crippen molar-refractivity contribution < 1.29 is 22.4 Å². The molecule has 8 heteroatoms. The minimum atomic E-state index is -3.96. The van der Waals surface area contributed by atoms with E-state index in [4.69, 9.17) is 19.8 Å². The van der Waals surface area contributed by atoms with Gasteiger partial charge in [0, 0.05) is 16.7 Å². The Kier molecular flexibility index (Phi) is 5.88. The topological polar surface area (TPSA) is 73.6 Å². The Hall–Kier alpha value is -0.530. The van der Waals surface area contributed by atoms with Gasteiger partial charge in [0.25, 0.3) is 9.05 Å². The minimum absolute atomic E-state index is 0.114. The highest BCUT2D eigenvalue weighted by atomic mass is 79.9. The van der Waals surface area contributed by atoms with Crippen LogP contribution in [0.3, 0.4) is 0 Å². The first-order chi connectivity index (χ1) is 8.79. The third-order valence-electron chi connectivity index (χ3n) is 2.72. The molecule has 0 unspecified atom stereocenters. The molecule has 0 fully saturated rings. The van der Waals surface area contributed by atoms with Gasteiger partial charge < -0.3 is 9.15 Å². The van der Waals surface area contributed by atoms with Crippen LogP contribution in [-0.4, -0.2) is 21.0 Å². The van der Waals surface area contributed by atoms with E-state index in [1.165, 1.54) is 0 Å². The van der Waals surface area contributed by atoms with Crippen LogP contribution in [0.15, 0.2) is 20.0 Å². The lowest BCUT2D eigenvalue weighted by Gasteiger charge is -2.11. The van der Waals surface area contributed by atoms with Gasteiger partial charge >= 0.3 is 5.97 Å². The molecule has 0 saturated heterocycles. The lowest BCUT2D eigenvalue weighted by molar-refractivity contribution is 0.0396. The zero-order valence-electron chi connectivity index (χ0n) is 10.5. The number of hydrogen-bond acceptors (Lipinski definition) is 5. The van der Waals surface area contributed by atoms with E-state index in [-0.39, 0.29) is 27.9 Å². The van der Waals surface area contributed by atoms with E-state index >= 15 is 0 Å². The van der Waals surface area contributed by atoms with E-state index < -0.39 is 15.0 Å². The highest BCUT2D eigenvalue weighted by Gasteiger charge is 2.24. The van der Waals surface area contributed by atoms with Crippen LogP contribution < -0.4 is 0 Å². The zero-order chi connectivity index (χ0) is 14.6. The van der Waals surface area contributed by atoms with Gasteiger partial charge in [-0.15, -0.1) is 0 Å². The molecule has 0 amide bonds. The highest BCUT2D eigenvalue weighted by Crippen LogP contribution is 2.29. The smallest absolute Gasteiger partial charge is 0.374 e. The molecule has 19 heavy (non-hydrogen) atoms. The molecule has 1 aromatic heterocycles. The summed E-state index contributed by atoms with van der Waals surface area (Å²) in [6.45, 7) is 4.28. The van der Waals surface area contributed by atoms with Crippen LogP contribution in [0.5, 0.6) is 0 Å². The van der Waals surface area contributed by atoms with Crippen molar-refractivity contribution in [3.8, 4) is 0 Å². The molecule has 0 aliphatic rings. The first-order valence-corrected chi connectivity index (χ1v) is 8.80. The average molecular weight is 374 g/mol. The van der Waals surface area contributed by atoms with Crippen molar-refractivity contribution in [2.45, 2.75) is 31.6 Å². The summed E-state index contributed by atoms with van der Waals surface area (Å²) < 4.78 is 32.3. The number of rotatable bonds is 6. The van der Waals surface area contributed by atoms with E-state index in [0.717, 1.165) is 18.9 Å². The third kappa shape index (κ3) is 4.50. The van der Waals surface area contributed by atoms with Gasteiger partial charge in [-0.1, -0.05) is 26.7 Å². The summed E-state index contributed by atoms with van der Waals surface area (Å²) in [7, 11) is 1.22. The summed E-state index contributed by atoms with van der Waals surface area (Å²) >= 11 is 2.89. The van der Waals surface area contributed by atoms with Crippen molar-refractivity contribution in [3.05, 3.63) is 16.5 Å². The maximum absolute atomic E-state index is 11.7. The summed E-state index contributed by atoms with van der Waals surface area (Å²) in [4.78, 5) is 11.4. The molecule has 108 valence electrons. The van der Waals surface area contributed by atoms with Gasteiger partial charge in [0.15, 0.2) is 4.67 Å². The first kappa shape index (κ1) is 16.5. The second-order valence-corrected chi connectivity index (χ2v) is 7.22. The monoisotopic (exact) mass is 372 g/mol. The third-order valence-corrected chi connectivity index (χ3v) is 4.90. The Morgan fingerprint density at radius 2 is 2.05 bits per heavy atom. The van der Waals surface area contributed by atoms with Crippen molar-refractivity contribution >= 4 is 41.6 Å². The van der Waals surface area contributed by atoms with Crippen LogP contribution >= 0.6 is 26.6 Å². The molecule has 0 atom stereocenters. The molecule has 0 bridgehead atoms. The predicted molar refractivity (Wildman–Crippen MR) is 73.8 cm³/mol. The van der Waals surface area contributed by atoms with E-state index in [1.807, 2.05) is 13.8 Å². The molecule has 0 radical (unpaired) electrons. The lowest BCUT2D eigenvalue weighted by atomic mass is 10.1. The molecule has 1 heterocycles. The Bertz CT molecular complexity index is 547. The summed E-state index contributed by atoms with van der Waals surface area (Å²) in [6, 6.07) is 1.04. The fraction of sp³-hybridized carbons (Fsp3) is 0.545. The van der Waals surface area contributed by atoms with Gasteiger partial charge in [0.05, 0.1) is 6.61 Å².